The van der Waals surface area contributed by atoms with Gasteiger partial charge in [-0.15, -0.1) is 0 Å². The van der Waals surface area contributed by atoms with Gasteiger partial charge in [0.2, 0.25) is 5.91 Å². The van der Waals surface area contributed by atoms with Crippen molar-refractivity contribution in [3.05, 3.63) is 85.1 Å². The van der Waals surface area contributed by atoms with Crippen LogP contribution in [0.5, 0.6) is 0 Å². The number of hydrogen-bond acceptors (Lipinski definition) is 13. The molecule has 0 aromatic carbocycles. The lowest BCUT2D eigenvalue weighted by atomic mass is 9.97. The predicted molar refractivity (Wildman–Crippen MR) is 290 cm³/mol. The molecule has 2 heterocycles. The molecule has 12 atom stereocenters. The highest BCUT2D eigenvalue weighted by atomic mass is 16.7. The number of unbranched alkanes of at least 4 members (excludes halogenated alkanes) is 18. The third kappa shape index (κ3) is 30.5. The number of aliphatic hydroxyl groups excluding tert-OH is 8. The van der Waals surface area contributed by atoms with Gasteiger partial charge in [0, 0.05) is 6.42 Å². The van der Waals surface area contributed by atoms with Crippen molar-refractivity contribution in [3.8, 4) is 0 Å². The van der Waals surface area contributed by atoms with E-state index < -0.39 is 86.8 Å². The summed E-state index contributed by atoms with van der Waals surface area (Å²) in [5.74, 6) is -0.324. The van der Waals surface area contributed by atoms with E-state index >= 15 is 0 Å². The molecule has 2 rings (SSSR count). The van der Waals surface area contributed by atoms with E-state index in [1.54, 1.807) is 6.08 Å². The fourth-order valence-electron chi connectivity index (χ4n) is 8.78. The summed E-state index contributed by atoms with van der Waals surface area (Å²) in [4.78, 5) is 13.2. The normalized spacial score (nSPS) is 26.1. The molecular weight excluding hydrogens is 931 g/mol. The van der Waals surface area contributed by atoms with Crippen LogP contribution in [-0.4, -0.2) is 140 Å². The van der Waals surface area contributed by atoms with E-state index in [4.69, 9.17) is 18.9 Å². The molecule has 2 aliphatic rings. The molecule has 0 radical (unpaired) electrons. The third-order valence-corrected chi connectivity index (χ3v) is 13.4. The Hall–Kier alpha value is -2.83. The second kappa shape index (κ2) is 44.3. The summed E-state index contributed by atoms with van der Waals surface area (Å²) >= 11 is 0. The Balaban J connectivity index is 1.84. The lowest BCUT2D eigenvalue weighted by molar-refractivity contribution is -0.359. The molecule has 12 unspecified atom stereocenters. The third-order valence-electron chi connectivity index (χ3n) is 13.4. The number of nitrogens with one attached hydrogen (secondary N) is 1. The topological polar surface area (TPSA) is 228 Å². The Morgan fingerprint density at radius 1 is 0.507 bits per heavy atom. The first-order valence-electron chi connectivity index (χ1n) is 28.3. The number of allylic oxidation sites excluding steroid dienone is 13. The molecule has 9 N–H and O–H groups in total. The largest absolute Gasteiger partial charge is 0.394 e. The van der Waals surface area contributed by atoms with Gasteiger partial charge in [-0.3, -0.25) is 4.79 Å². The SMILES string of the molecule is CC/C=C\C/C=C\C/C=C\C/C=C\C/C=C\C/C=C\CCC(=O)NC(COC1OC(CO)C(OC2OC(CO)C(O)C(O)C2O)C(O)C1O)C(O)/C=C/CCCCCCCCCCCCCCCCCCCC. The highest BCUT2D eigenvalue weighted by Crippen LogP contribution is 2.30. The van der Waals surface area contributed by atoms with Gasteiger partial charge in [0.25, 0.3) is 0 Å². The molecule has 14 nitrogen and oxygen atoms in total. The van der Waals surface area contributed by atoms with Crippen LogP contribution in [0, 0.1) is 0 Å². The summed E-state index contributed by atoms with van der Waals surface area (Å²) in [6, 6.07) is -0.960. The first-order chi connectivity index (χ1) is 35.6. The fourth-order valence-corrected chi connectivity index (χ4v) is 8.78. The Morgan fingerprint density at radius 2 is 0.945 bits per heavy atom. The second-order valence-electron chi connectivity index (χ2n) is 19.7. The van der Waals surface area contributed by atoms with Crippen LogP contribution >= 0.6 is 0 Å². The van der Waals surface area contributed by atoms with Gasteiger partial charge in [0.15, 0.2) is 12.6 Å². The Bertz CT molecular complexity index is 1550. The van der Waals surface area contributed by atoms with Crippen LogP contribution in [-0.2, 0) is 23.7 Å². The molecule has 0 aliphatic carbocycles. The molecule has 2 saturated heterocycles. The lowest BCUT2D eigenvalue weighted by Crippen LogP contribution is -2.65. The van der Waals surface area contributed by atoms with Crippen molar-refractivity contribution in [1.82, 2.24) is 5.32 Å². The van der Waals surface area contributed by atoms with Crippen molar-refractivity contribution in [2.45, 2.75) is 261 Å². The standard InChI is InChI=1S/C59H101NO13/c1-3-5-7-9-11-13-15-17-19-21-23-25-26-28-30-32-34-36-38-40-42-48(63)47(60-51(64)43-41-39-37-35-33-31-29-27-24-22-20-18-16-14-12-10-8-6-4-2)46-70-58-56(69)54(67)57(50(45-62)72-58)73-59-55(68)53(66)52(65)49(44-61)71-59/h6,8,12,14,18,20,24,27,31,33,37,39-40,42,47-50,52-59,61-63,65-69H,3-5,7,9-11,13,15-17,19,21-23,25-26,28-30,32,34-36,38,41,43-46H2,1-2H3,(H,60,64)/b8-6-,14-12-,20-18-,27-24-,33-31-,39-37-,42-40+. The van der Waals surface area contributed by atoms with E-state index in [-0.39, 0.29) is 18.9 Å². The number of carbonyl (C=O) groups is 1. The summed E-state index contributed by atoms with van der Waals surface area (Å²) in [7, 11) is 0. The highest BCUT2D eigenvalue weighted by Gasteiger charge is 2.51. The summed E-state index contributed by atoms with van der Waals surface area (Å²) in [5, 5.41) is 86.9. The Morgan fingerprint density at radius 3 is 1.42 bits per heavy atom. The van der Waals surface area contributed by atoms with Gasteiger partial charge in [0.05, 0.1) is 32.0 Å². The van der Waals surface area contributed by atoms with Crippen molar-refractivity contribution in [3.63, 3.8) is 0 Å². The van der Waals surface area contributed by atoms with E-state index in [1.807, 2.05) is 18.2 Å². The van der Waals surface area contributed by atoms with Gasteiger partial charge >= 0.3 is 0 Å². The summed E-state index contributed by atoms with van der Waals surface area (Å²) in [6.07, 6.45) is 42.0. The van der Waals surface area contributed by atoms with E-state index in [0.29, 0.717) is 6.42 Å². The zero-order valence-electron chi connectivity index (χ0n) is 44.8. The smallest absolute Gasteiger partial charge is 0.220 e. The molecule has 0 saturated carbocycles. The van der Waals surface area contributed by atoms with Crippen LogP contribution in [0.4, 0.5) is 0 Å². The van der Waals surface area contributed by atoms with Gasteiger partial charge in [-0.2, -0.15) is 0 Å². The average Bonchev–Trinajstić information content (AvgIpc) is 3.39. The molecule has 0 aromatic heterocycles. The van der Waals surface area contributed by atoms with Gasteiger partial charge < -0.3 is 65.1 Å². The van der Waals surface area contributed by atoms with E-state index in [2.05, 4.69) is 79.9 Å². The summed E-state index contributed by atoms with van der Waals surface area (Å²) in [5.41, 5.74) is 0. The van der Waals surface area contributed by atoms with Crippen LogP contribution in [0.15, 0.2) is 85.1 Å². The van der Waals surface area contributed by atoms with Crippen LogP contribution in [0.1, 0.15) is 187 Å². The fraction of sp³-hybridized carbons (Fsp3) is 0.746. The monoisotopic (exact) mass is 1030 g/mol. The number of aliphatic hydroxyl groups is 8. The van der Waals surface area contributed by atoms with Crippen LogP contribution in [0.3, 0.4) is 0 Å². The number of rotatable bonds is 43. The number of carbonyl (C=O) groups excluding carboxylic acids is 1. The van der Waals surface area contributed by atoms with Gasteiger partial charge in [0.1, 0.15) is 48.8 Å². The molecule has 0 aromatic rings. The molecule has 14 heteroatoms. The molecular formula is C59H101NO13. The average molecular weight is 1030 g/mol. The first kappa shape index (κ1) is 66.3. The van der Waals surface area contributed by atoms with Crippen molar-refractivity contribution in [2.75, 3.05) is 19.8 Å². The second-order valence-corrected chi connectivity index (χ2v) is 19.7. The molecule has 420 valence electrons. The molecule has 0 spiro atoms. The molecule has 0 bridgehead atoms. The summed E-state index contributed by atoms with van der Waals surface area (Å²) in [6.45, 7) is 2.62. The molecule has 73 heavy (non-hydrogen) atoms. The summed E-state index contributed by atoms with van der Waals surface area (Å²) < 4.78 is 22.7. The predicted octanol–water partition coefficient (Wildman–Crippen LogP) is 8.94. The maximum absolute atomic E-state index is 13.2. The van der Waals surface area contributed by atoms with Crippen molar-refractivity contribution in [1.29, 1.82) is 0 Å². The Kier molecular flexibility index (Phi) is 40.2. The molecule has 1 amide bonds. The van der Waals surface area contributed by atoms with Gasteiger partial charge in [-0.1, -0.05) is 208 Å². The van der Waals surface area contributed by atoms with Crippen molar-refractivity contribution >= 4 is 5.91 Å². The number of ether oxygens (including phenoxy) is 4. The van der Waals surface area contributed by atoms with Crippen LogP contribution in [0.25, 0.3) is 0 Å². The van der Waals surface area contributed by atoms with Crippen LogP contribution < -0.4 is 5.32 Å². The minimum atomic E-state index is -1.80. The number of amides is 1. The number of hydrogen-bond donors (Lipinski definition) is 9. The van der Waals surface area contributed by atoms with Gasteiger partial charge in [-0.25, -0.2) is 0 Å². The van der Waals surface area contributed by atoms with Crippen LogP contribution in [0.2, 0.25) is 0 Å². The zero-order chi connectivity index (χ0) is 53.2. The highest BCUT2D eigenvalue weighted by molar-refractivity contribution is 5.76. The molecule has 2 fully saturated rings. The minimum absolute atomic E-state index is 0.152. The van der Waals surface area contributed by atoms with Crippen molar-refractivity contribution in [2.24, 2.45) is 0 Å². The first-order valence-corrected chi connectivity index (χ1v) is 28.3. The maximum Gasteiger partial charge on any atom is 0.220 e. The van der Waals surface area contributed by atoms with E-state index in [9.17, 15) is 45.6 Å². The lowest BCUT2D eigenvalue weighted by Gasteiger charge is -2.46. The quantitative estimate of drug-likeness (QED) is 0.0206. The minimum Gasteiger partial charge on any atom is -0.394 e. The van der Waals surface area contributed by atoms with Crippen molar-refractivity contribution < 1.29 is 64.6 Å². The van der Waals surface area contributed by atoms with Gasteiger partial charge in [-0.05, 0) is 57.8 Å². The van der Waals surface area contributed by atoms with E-state index in [0.717, 1.165) is 64.2 Å². The Labute approximate surface area is 440 Å². The van der Waals surface area contributed by atoms with E-state index in [1.165, 1.54) is 96.3 Å². The zero-order valence-corrected chi connectivity index (χ0v) is 44.8. The molecule has 2 aliphatic heterocycles. The maximum atomic E-state index is 13.2.